The van der Waals surface area contributed by atoms with Gasteiger partial charge in [-0.15, -0.1) is 0 Å². The molecule has 1 N–H and O–H groups in total. The first kappa shape index (κ1) is 15.6. The number of carbonyl (C=O) groups is 1. The minimum atomic E-state index is -0.677. The number of ether oxygens (including phenoxy) is 1. The molecule has 2 aromatic rings. The topological polar surface area (TPSA) is 46.5 Å². The minimum absolute atomic E-state index is 0.0371. The number of aliphatic hydroxyl groups is 1. The molecule has 4 heteroatoms. The van der Waals surface area contributed by atoms with Crippen molar-refractivity contribution in [3.63, 3.8) is 0 Å². The summed E-state index contributed by atoms with van der Waals surface area (Å²) in [6.45, 7) is 2.18. The molecule has 0 fully saturated rings. The summed E-state index contributed by atoms with van der Waals surface area (Å²) in [5.74, 6) is 1.04. The summed E-state index contributed by atoms with van der Waals surface area (Å²) >= 11 is 1.11. The molecule has 2 rings (SSSR count). The van der Waals surface area contributed by atoms with Gasteiger partial charge in [-0.2, -0.15) is 0 Å². The van der Waals surface area contributed by atoms with Crippen LogP contribution in [0.15, 0.2) is 54.6 Å². The first-order chi connectivity index (χ1) is 10.1. The number of thioether (sulfide) groups is 1. The van der Waals surface area contributed by atoms with Crippen molar-refractivity contribution in [1.29, 1.82) is 0 Å². The molecule has 0 heterocycles. The summed E-state index contributed by atoms with van der Waals surface area (Å²) in [6, 6.07) is 16.7. The van der Waals surface area contributed by atoms with Crippen molar-refractivity contribution in [2.75, 3.05) is 12.4 Å². The molecule has 0 aliphatic heterocycles. The van der Waals surface area contributed by atoms with Crippen LogP contribution in [-0.2, 0) is 0 Å². The lowest BCUT2D eigenvalue weighted by molar-refractivity contribution is 0.108. The van der Waals surface area contributed by atoms with Gasteiger partial charge in [0.1, 0.15) is 12.4 Å². The third kappa shape index (κ3) is 5.25. The molecule has 0 aliphatic carbocycles. The fraction of sp³-hybridized carbons (Fsp3) is 0.235. The van der Waals surface area contributed by atoms with E-state index >= 15 is 0 Å². The van der Waals surface area contributed by atoms with Gasteiger partial charge >= 0.3 is 0 Å². The van der Waals surface area contributed by atoms with Crippen LogP contribution in [-0.4, -0.2) is 28.7 Å². The maximum absolute atomic E-state index is 11.9. The summed E-state index contributed by atoms with van der Waals surface area (Å²) < 4.78 is 5.49. The van der Waals surface area contributed by atoms with Crippen LogP contribution < -0.4 is 4.74 Å². The van der Waals surface area contributed by atoms with Crippen LogP contribution in [0.2, 0.25) is 0 Å². The van der Waals surface area contributed by atoms with Crippen LogP contribution in [0.1, 0.15) is 15.9 Å². The van der Waals surface area contributed by atoms with Gasteiger partial charge in [0, 0.05) is 11.3 Å². The van der Waals surface area contributed by atoms with Gasteiger partial charge < -0.3 is 9.84 Å². The highest BCUT2D eigenvalue weighted by atomic mass is 32.2. The van der Waals surface area contributed by atoms with Crippen molar-refractivity contribution in [3.8, 4) is 5.75 Å². The lowest BCUT2D eigenvalue weighted by atomic mass is 10.2. The predicted molar refractivity (Wildman–Crippen MR) is 85.9 cm³/mol. The zero-order chi connectivity index (χ0) is 15.1. The molecule has 1 unspecified atom stereocenters. The van der Waals surface area contributed by atoms with E-state index in [1.54, 1.807) is 12.1 Å². The zero-order valence-corrected chi connectivity index (χ0v) is 12.7. The molecule has 0 aliphatic rings. The van der Waals surface area contributed by atoms with Crippen molar-refractivity contribution in [2.45, 2.75) is 13.0 Å². The van der Waals surface area contributed by atoms with Crippen LogP contribution in [0.4, 0.5) is 0 Å². The molecule has 0 aromatic heterocycles. The Bertz CT molecular complexity index is 566. The number of hydrogen-bond donors (Lipinski definition) is 1. The normalized spacial score (nSPS) is 11.9. The van der Waals surface area contributed by atoms with E-state index in [9.17, 15) is 9.90 Å². The maximum Gasteiger partial charge on any atom is 0.219 e. The number of benzene rings is 2. The largest absolute Gasteiger partial charge is 0.491 e. The van der Waals surface area contributed by atoms with E-state index in [-0.39, 0.29) is 11.7 Å². The van der Waals surface area contributed by atoms with E-state index in [2.05, 4.69) is 0 Å². The fourth-order valence-corrected chi connectivity index (χ4v) is 2.45. The number of carbonyl (C=O) groups excluding carboxylic acids is 1. The van der Waals surface area contributed by atoms with E-state index in [4.69, 9.17) is 4.74 Å². The van der Waals surface area contributed by atoms with Crippen LogP contribution >= 0.6 is 11.8 Å². The predicted octanol–water partition coefficient (Wildman–Crippen LogP) is 3.31. The standard InChI is InChI=1S/C17H18O3S/c1-13-7-9-16(10-8-13)20-11-15(18)12-21-17(19)14-5-3-2-4-6-14/h2-10,15,18H,11-12H2,1H3. The molecule has 3 nitrogen and oxygen atoms in total. The molecule has 0 saturated heterocycles. The average Bonchev–Trinajstić information content (AvgIpc) is 2.53. The van der Waals surface area contributed by atoms with Gasteiger partial charge in [-0.05, 0) is 19.1 Å². The second-order valence-electron chi connectivity index (χ2n) is 4.74. The van der Waals surface area contributed by atoms with Gasteiger partial charge in [0.05, 0.1) is 6.10 Å². The maximum atomic E-state index is 11.9. The molecule has 110 valence electrons. The Balaban J connectivity index is 1.73. The summed E-state index contributed by atoms with van der Waals surface area (Å²) in [6.07, 6.45) is -0.677. The Hall–Kier alpha value is -1.78. The molecule has 0 radical (unpaired) electrons. The third-order valence-corrected chi connectivity index (χ3v) is 3.93. The van der Waals surface area contributed by atoms with E-state index < -0.39 is 6.10 Å². The van der Waals surface area contributed by atoms with E-state index in [0.717, 1.165) is 23.1 Å². The highest BCUT2D eigenvalue weighted by Crippen LogP contribution is 2.15. The molecule has 1 atom stereocenters. The monoisotopic (exact) mass is 302 g/mol. The number of rotatable bonds is 6. The summed E-state index contributed by atoms with van der Waals surface area (Å²) in [5.41, 5.74) is 1.81. The molecule has 21 heavy (non-hydrogen) atoms. The Labute approximate surface area is 129 Å². The minimum Gasteiger partial charge on any atom is -0.491 e. The summed E-state index contributed by atoms with van der Waals surface area (Å²) in [4.78, 5) is 11.9. The van der Waals surface area contributed by atoms with E-state index in [0.29, 0.717) is 11.3 Å². The second-order valence-corrected chi connectivity index (χ2v) is 5.74. The highest BCUT2D eigenvalue weighted by molar-refractivity contribution is 8.14. The average molecular weight is 302 g/mol. The molecule has 0 spiro atoms. The van der Waals surface area contributed by atoms with Gasteiger partial charge in [-0.3, -0.25) is 4.79 Å². The van der Waals surface area contributed by atoms with Gasteiger partial charge in [0.2, 0.25) is 5.12 Å². The van der Waals surface area contributed by atoms with Crippen molar-refractivity contribution in [3.05, 3.63) is 65.7 Å². The van der Waals surface area contributed by atoms with E-state index in [1.165, 1.54) is 0 Å². The van der Waals surface area contributed by atoms with Gasteiger partial charge in [-0.25, -0.2) is 0 Å². The SMILES string of the molecule is Cc1ccc(OCC(O)CSC(=O)c2ccccc2)cc1. The van der Waals surface area contributed by atoms with Crippen molar-refractivity contribution in [2.24, 2.45) is 0 Å². The molecular weight excluding hydrogens is 284 g/mol. The Morgan fingerprint density at radius 1 is 1.14 bits per heavy atom. The fourth-order valence-electron chi connectivity index (χ4n) is 1.70. The van der Waals surface area contributed by atoms with Crippen LogP contribution in [0.5, 0.6) is 5.75 Å². The van der Waals surface area contributed by atoms with Crippen molar-refractivity contribution in [1.82, 2.24) is 0 Å². The highest BCUT2D eigenvalue weighted by Gasteiger charge is 2.11. The number of hydrogen-bond acceptors (Lipinski definition) is 4. The Kier molecular flexibility index (Phi) is 5.84. The Morgan fingerprint density at radius 3 is 2.48 bits per heavy atom. The van der Waals surface area contributed by atoms with Gasteiger partial charge in [-0.1, -0.05) is 59.8 Å². The third-order valence-electron chi connectivity index (χ3n) is 2.88. The van der Waals surface area contributed by atoms with Crippen molar-refractivity contribution >= 4 is 16.9 Å². The number of aryl methyl sites for hydroxylation is 1. The Morgan fingerprint density at radius 2 is 1.81 bits per heavy atom. The van der Waals surface area contributed by atoms with Crippen molar-refractivity contribution < 1.29 is 14.6 Å². The van der Waals surface area contributed by atoms with Crippen LogP contribution in [0.3, 0.4) is 0 Å². The summed E-state index contributed by atoms with van der Waals surface area (Å²) in [5, 5.41) is 9.83. The number of aliphatic hydroxyl groups excluding tert-OH is 1. The lowest BCUT2D eigenvalue weighted by Gasteiger charge is -2.11. The first-order valence-electron chi connectivity index (χ1n) is 6.75. The van der Waals surface area contributed by atoms with Gasteiger partial charge in [0.15, 0.2) is 0 Å². The lowest BCUT2D eigenvalue weighted by Crippen LogP contribution is -2.21. The molecule has 2 aromatic carbocycles. The van der Waals surface area contributed by atoms with E-state index in [1.807, 2.05) is 49.4 Å². The molecule has 0 saturated carbocycles. The smallest absolute Gasteiger partial charge is 0.219 e. The molecular formula is C17H18O3S. The molecule has 0 bridgehead atoms. The van der Waals surface area contributed by atoms with Crippen LogP contribution in [0, 0.1) is 6.92 Å². The molecule has 0 amide bonds. The summed E-state index contributed by atoms with van der Waals surface area (Å²) in [7, 11) is 0. The van der Waals surface area contributed by atoms with Gasteiger partial charge in [0.25, 0.3) is 0 Å². The quantitative estimate of drug-likeness (QED) is 0.889. The first-order valence-corrected chi connectivity index (χ1v) is 7.73. The van der Waals surface area contributed by atoms with Crippen LogP contribution in [0.25, 0.3) is 0 Å². The second kappa shape index (κ2) is 7.86. The zero-order valence-electron chi connectivity index (χ0n) is 11.9.